The fourth-order valence-corrected chi connectivity index (χ4v) is 4.26. The fraction of sp³-hybridized carbons (Fsp3) is 0.185. The molecule has 8 heteroatoms. The van der Waals surface area contributed by atoms with Gasteiger partial charge < -0.3 is 15.4 Å². The highest BCUT2D eigenvalue weighted by molar-refractivity contribution is 7.73. The van der Waals surface area contributed by atoms with Gasteiger partial charge in [0.2, 0.25) is 5.95 Å². The number of hydrogen-bond acceptors (Lipinski definition) is 7. The summed E-state index contributed by atoms with van der Waals surface area (Å²) in [4.78, 5) is 9.73. The third kappa shape index (κ3) is 6.16. The Morgan fingerprint density at radius 2 is 1.74 bits per heavy atom. The van der Waals surface area contributed by atoms with Crippen molar-refractivity contribution in [2.75, 3.05) is 17.2 Å². The third-order valence-electron chi connectivity index (χ3n) is 5.55. The molecule has 0 aliphatic rings. The first kappa shape index (κ1) is 24.2. The third-order valence-corrected chi connectivity index (χ3v) is 6.29. The molecule has 1 heterocycles. The molecule has 1 unspecified atom stereocenters. The van der Waals surface area contributed by atoms with Gasteiger partial charge in [0.1, 0.15) is 11.6 Å². The number of nitrogens with zero attached hydrogens (tertiary/aromatic N) is 2. The second-order valence-electron chi connectivity index (χ2n) is 7.86. The van der Waals surface area contributed by atoms with Crippen molar-refractivity contribution >= 4 is 28.0 Å². The van der Waals surface area contributed by atoms with Gasteiger partial charge in [0.05, 0.1) is 17.2 Å². The zero-order valence-electron chi connectivity index (χ0n) is 19.8. The molecule has 0 radical (unpaired) electrons. The summed E-state index contributed by atoms with van der Waals surface area (Å²) in [6.45, 7) is 5.35. The van der Waals surface area contributed by atoms with Crippen molar-refractivity contribution in [2.45, 2.75) is 31.7 Å². The van der Waals surface area contributed by atoms with Gasteiger partial charge in [-0.2, -0.15) is 4.98 Å². The van der Waals surface area contributed by atoms with Crippen molar-refractivity contribution in [1.82, 2.24) is 9.97 Å². The summed E-state index contributed by atoms with van der Waals surface area (Å²) in [5.41, 5.74) is 5.02. The molecule has 0 aliphatic heterocycles. The Balaban J connectivity index is 1.66. The summed E-state index contributed by atoms with van der Waals surface area (Å²) < 4.78 is 24.7. The van der Waals surface area contributed by atoms with Crippen LogP contribution in [0.1, 0.15) is 25.0 Å². The second-order valence-corrected chi connectivity index (χ2v) is 8.96. The fourth-order valence-electron chi connectivity index (χ4n) is 3.78. The van der Waals surface area contributed by atoms with Crippen LogP contribution in [0.3, 0.4) is 0 Å². The minimum Gasteiger partial charge on any atom is -0.494 e. The number of benzene rings is 3. The summed E-state index contributed by atoms with van der Waals surface area (Å²) in [7, 11) is -2.17. The van der Waals surface area contributed by atoms with Crippen LogP contribution in [0.5, 0.6) is 5.75 Å². The van der Waals surface area contributed by atoms with Gasteiger partial charge in [-0.05, 0) is 60.4 Å². The molecule has 35 heavy (non-hydrogen) atoms. The zero-order valence-corrected chi connectivity index (χ0v) is 20.7. The van der Waals surface area contributed by atoms with Gasteiger partial charge in [0.15, 0.2) is 0 Å². The zero-order chi connectivity index (χ0) is 24.6. The predicted molar refractivity (Wildman–Crippen MR) is 142 cm³/mol. The molecule has 0 amide bonds. The largest absolute Gasteiger partial charge is 0.494 e. The quantitative estimate of drug-likeness (QED) is 0.203. The number of aryl methyl sites for hydroxylation is 1. The molecule has 1 aromatic heterocycles. The van der Waals surface area contributed by atoms with Gasteiger partial charge in [-0.1, -0.05) is 49.4 Å². The molecule has 180 valence electrons. The maximum absolute atomic E-state index is 11.6. The highest BCUT2D eigenvalue weighted by Crippen LogP contribution is 2.30. The van der Waals surface area contributed by atoms with Crippen LogP contribution in [0.25, 0.3) is 11.1 Å². The van der Waals surface area contributed by atoms with Crippen molar-refractivity contribution < 1.29 is 8.95 Å². The number of anilines is 3. The molecular weight excluding hydrogens is 458 g/mol. The summed E-state index contributed by atoms with van der Waals surface area (Å²) in [5, 5.41) is 6.67. The monoisotopic (exact) mass is 487 g/mol. The van der Waals surface area contributed by atoms with Crippen LogP contribution in [0.15, 0.2) is 83.9 Å². The molecule has 1 atom stereocenters. The Morgan fingerprint density at radius 3 is 2.46 bits per heavy atom. The normalized spacial score (nSPS) is 11.6. The van der Waals surface area contributed by atoms with Crippen LogP contribution in [0, 0.1) is 4.78 Å². The molecular formula is C27H29N5O2S. The van der Waals surface area contributed by atoms with Crippen LogP contribution < -0.4 is 15.4 Å². The van der Waals surface area contributed by atoms with Crippen LogP contribution in [-0.2, 0) is 23.6 Å². The molecule has 0 aliphatic carbocycles. The number of ether oxygens (including phenoxy) is 1. The first-order chi connectivity index (χ1) is 17.1. The van der Waals surface area contributed by atoms with E-state index in [-0.39, 0.29) is 0 Å². The summed E-state index contributed by atoms with van der Waals surface area (Å²) in [5.74, 6) is 1.91. The maximum atomic E-state index is 11.6. The van der Waals surface area contributed by atoms with Crippen LogP contribution in [0.2, 0.25) is 0 Å². The molecule has 3 aromatic carbocycles. The van der Waals surface area contributed by atoms with Crippen molar-refractivity contribution in [3.8, 4) is 16.9 Å². The van der Waals surface area contributed by atoms with Crippen LogP contribution in [0.4, 0.5) is 17.5 Å². The van der Waals surface area contributed by atoms with E-state index >= 15 is 0 Å². The van der Waals surface area contributed by atoms with Gasteiger partial charge in [-0.25, -0.2) is 9.19 Å². The van der Waals surface area contributed by atoms with E-state index in [1.807, 2.05) is 43.3 Å². The number of hydrogen-bond donors (Lipinski definition) is 4. The Bertz CT molecular complexity index is 1360. The Hall–Kier alpha value is -3.91. The number of thiol groups is 1. The molecule has 7 nitrogen and oxygen atoms in total. The molecule has 0 spiro atoms. The van der Waals surface area contributed by atoms with Crippen LogP contribution in [-0.4, -0.2) is 20.8 Å². The molecule has 0 saturated carbocycles. The van der Waals surface area contributed by atoms with Crippen molar-refractivity contribution in [1.29, 1.82) is 4.78 Å². The predicted octanol–water partition coefficient (Wildman–Crippen LogP) is 6.06. The maximum Gasteiger partial charge on any atom is 0.229 e. The molecule has 4 rings (SSSR count). The van der Waals surface area contributed by atoms with E-state index in [2.05, 4.69) is 40.7 Å². The summed E-state index contributed by atoms with van der Waals surface area (Å²) in [6.07, 6.45) is 2.74. The SMILES string of the molecule is CCOc1ccc(-c2cnc(Nc3cccc([SH](=N)=O)c3)nc2NCc2ccccc2CC)cc1. The second kappa shape index (κ2) is 11.5. The van der Waals surface area contributed by atoms with Crippen molar-refractivity contribution in [3.63, 3.8) is 0 Å². The van der Waals surface area contributed by atoms with E-state index in [1.165, 1.54) is 11.1 Å². The van der Waals surface area contributed by atoms with E-state index in [0.717, 1.165) is 23.3 Å². The Kier molecular flexibility index (Phi) is 7.95. The topological polar surface area (TPSA) is 100.0 Å². The minimum absolute atomic E-state index is 0.406. The molecule has 0 bridgehead atoms. The lowest BCUT2D eigenvalue weighted by Crippen LogP contribution is -2.08. The van der Waals surface area contributed by atoms with Crippen molar-refractivity contribution in [2.24, 2.45) is 0 Å². The standard InChI is InChI=1S/C27H29N5O2S/c1-3-19-8-5-6-9-21(19)17-29-26-25(20-12-14-23(15-13-20)34-4-2)18-30-27(32-26)31-22-10-7-11-24(16-22)35(28)33/h5-16,18,28,35H,3-4,17H2,1-2H3,(H2,29,30,31,32). The summed E-state index contributed by atoms with van der Waals surface area (Å²) >= 11 is 0. The average molecular weight is 488 g/mol. The highest BCUT2D eigenvalue weighted by Gasteiger charge is 2.12. The minimum atomic E-state index is -2.17. The Morgan fingerprint density at radius 1 is 0.971 bits per heavy atom. The lowest BCUT2D eigenvalue weighted by molar-refractivity contribution is 0.340. The van der Waals surface area contributed by atoms with Gasteiger partial charge >= 0.3 is 0 Å². The van der Waals surface area contributed by atoms with Gasteiger partial charge in [-0.15, -0.1) is 0 Å². The van der Waals surface area contributed by atoms with Crippen molar-refractivity contribution in [3.05, 3.63) is 90.1 Å². The highest BCUT2D eigenvalue weighted by atomic mass is 32.2. The molecule has 0 saturated heterocycles. The lowest BCUT2D eigenvalue weighted by atomic mass is 10.0. The van der Waals surface area contributed by atoms with Crippen LogP contribution >= 0.6 is 0 Å². The van der Waals surface area contributed by atoms with E-state index in [9.17, 15) is 4.21 Å². The average Bonchev–Trinajstić information content (AvgIpc) is 2.88. The van der Waals surface area contributed by atoms with E-state index < -0.39 is 10.6 Å². The van der Waals surface area contributed by atoms with Gasteiger partial charge in [-0.3, -0.25) is 4.78 Å². The van der Waals surface area contributed by atoms with E-state index in [4.69, 9.17) is 14.5 Å². The number of aromatic nitrogens is 2. The first-order valence-electron chi connectivity index (χ1n) is 11.5. The lowest BCUT2D eigenvalue weighted by Gasteiger charge is -2.15. The van der Waals surface area contributed by atoms with Gasteiger partial charge in [0, 0.05) is 28.9 Å². The van der Waals surface area contributed by atoms with Gasteiger partial charge in [0.25, 0.3) is 0 Å². The molecule has 0 fully saturated rings. The van der Waals surface area contributed by atoms with E-state index in [0.29, 0.717) is 35.5 Å². The number of rotatable bonds is 10. The molecule has 4 aromatic rings. The summed E-state index contributed by atoms with van der Waals surface area (Å²) in [6, 6.07) is 23.2. The molecule has 3 N–H and O–H groups in total. The first-order valence-corrected chi connectivity index (χ1v) is 12.8. The Labute approximate surface area is 207 Å². The van der Waals surface area contributed by atoms with E-state index in [1.54, 1.807) is 24.4 Å². The number of nitrogens with one attached hydrogen (secondary N) is 3. The smallest absolute Gasteiger partial charge is 0.229 e.